The lowest BCUT2D eigenvalue weighted by atomic mass is 9.92. The number of morpholine rings is 1. The highest BCUT2D eigenvalue weighted by molar-refractivity contribution is 5.23. The van der Waals surface area contributed by atoms with Gasteiger partial charge in [0.15, 0.2) is 0 Å². The average Bonchev–Trinajstić information content (AvgIpc) is 2.65. The van der Waals surface area contributed by atoms with Crippen LogP contribution in [0.3, 0.4) is 0 Å². The maximum Gasteiger partial charge on any atom is 0.123 e. The highest BCUT2D eigenvalue weighted by Crippen LogP contribution is 2.30. The van der Waals surface area contributed by atoms with E-state index in [1.54, 1.807) is 12.1 Å². The van der Waals surface area contributed by atoms with Crippen molar-refractivity contribution in [1.29, 1.82) is 0 Å². The minimum absolute atomic E-state index is 0.237. The van der Waals surface area contributed by atoms with Crippen LogP contribution in [0.25, 0.3) is 0 Å². The van der Waals surface area contributed by atoms with E-state index in [0.29, 0.717) is 18.7 Å². The Morgan fingerprint density at radius 2 is 1.85 bits per heavy atom. The number of hydrogen-bond acceptors (Lipinski definition) is 3. The molecule has 0 aromatic heterocycles. The Hall–Kier alpha value is -2.17. The van der Waals surface area contributed by atoms with Gasteiger partial charge in [-0.1, -0.05) is 42.0 Å². The van der Waals surface area contributed by atoms with Crippen molar-refractivity contribution in [3.05, 3.63) is 77.6 Å². The normalized spacial score (nSPS) is 22.7. The zero-order valence-corrected chi connectivity index (χ0v) is 14.8. The van der Waals surface area contributed by atoms with Gasteiger partial charge in [0.25, 0.3) is 0 Å². The number of nitrogens with zero attached hydrogens (tertiary/aromatic N) is 1. The first kappa shape index (κ1) is 17.3. The largest absolute Gasteiger partial charge is 0.493 e. The third kappa shape index (κ3) is 4.14. The molecule has 2 aliphatic rings. The van der Waals surface area contributed by atoms with Crippen LogP contribution >= 0.6 is 0 Å². The maximum absolute atomic E-state index is 12.9. The molecule has 2 atom stereocenters. The van der Waals surface area contributed by atoms with E-state index in [1.165, 1.54) is 23.3 Å². The Labute approximate surface area is 154 Å². The minimum Gasteiger partial charge on any atom is -0.493 e. The summed E-state index contributed by atoms with van der Waals surface area (Å²) in [4.78, 5) is 2.56. The highest BCUT2D eigenvalue weighted by atomic mass is 19.1. The Morgan fingerprint density at radius 3 is 2.62 bits per heavy atom. The fourth-order valence-corrected chi connectivity index (χ4v) is 3.81. The molecule has 2 aliphatic heterocycles. The Balaban J connectivity index is 1.36. The first-order valence-electron chi connectivity index (χ1n) is 9.23. The van der Waals surface area contributed by atoms with E-state index in [9.17, 15) is 4.39 Å². The lowest BCUT2D eigenvalue weighted by molar-refractivity contribution is -0.0443. The summed E-state index contributed by atoms with van der Waals surface area (Å²) in [7, 11) is 0. The van der Waals surface area contributed by atoms with Crippen molar-refractivity contribution in [1.82, 2.24) is 4.90 Å². The summed E-state index contributed by atoms with van der Waals surface area (Å²) < 4.78 is 24.5. The first-order valence-corrected chi connectivity index (χ1v) is 9.23. The van der Waals surface area contributed by atoms with E-state index in [4.69, 9.17) is 9.47 Å². The van der Waals surface area contributed by atoms with E-state index < -0.39 is 0 Å². The number of fused-ring (bicyclic) bond motifs is 2. The molecule has 2 unspecified atom stereocenters. The minimum atomic E-state index is -0.237. The van der Waals surface area contributed by atoms with Crippen LogP contribution in [-0.2, 0) is 11.3 Å². The van der Waals surface area contributed by atoms with Gasteiger partial charge in [-0.05, 0) is 36.2 Å². The number of ether oxygens (including phenoxy) is 2. The standard InChI is InChI=1S/C22H24FNO2/c23-19-6-8-22(9-7-19)26-11-10-18-12-20-15-25-16-21(13-18)24(20)14-17-4-2-1-3-5-17/h1-9,12,20-21H,10-11,13-16H2. The maximum atomic E-state index is 12.9. The van der Waals surface area contributed by atoms with Crippen molar-refractivity contribution < 1.29 is 13.9 Å². The SMILES string of the molecule is Fc1ccc(OCCC2=CC3COCC(C2)N3Cc2ccccc2)cc1. The lowest BCUT2D eigenvalue weighted by Gasteiger charge is -2.44. The fourth-order valence-electron chi connectivity index (χ4n) is 3.81. The molecule has 0 aliphatic carbocycles. The van der Waals surface area contributed by atoms with Crippen molar-refractivity contribution in [3.8, 4) is 5.75 Å². The molecule has 0 saturated carbocycles. The van der Waals surface area contributed by atoms with Gasteiger partial charge >= 0.3 is 0 Å². The molecule has 4 heteroatoms. The van der Waals surface area contributed by atoms with Gasteiger partial charge in [-0.15, -0.1) is 0 Å². The van der Waals surface area contributed by atoms with E-state index >= 15 is 0 Å². The van der Waals surface area contributed by atoms with Crippen LogP contribution in [0.1, 0.15) is 18.4 Å². The van der Waals surface area contributed by atoms with E-state index in [-0.39, 0.29) is 5.82 Å². The molecule has 1 fully saturated rings. The van der Waals surface area contributed by atoms with Crippen LogP contribution in [0, 0.1) is 5.82 Å². The monoisotopic (exact) mass is 353 g/mol. The first-order chi connectivity index (χ1) is 12.8. The Kier molecular flexibility index (Phi) is 5.32. The molecule has 3 nitrogen and oxygen atoms in total. The zero-order valence-electron chi connectivity index (χ0n) is 14.8. The van der Waals surface area contributed by atoms with Crippen molar-refractivity contribution >= 4 is 0 Å². The molecule has 2 aromatic rings. The molecule has 26 heavy (non-hydrogen) atoms. The zero-order chi connectivity index (χ0) is 17.8. The van der Waals surface area contributed by atoms with Gasteiger partial charge < -0.3 is 9.47 Å². The van der Waals surface area contributed by atoms with E-state index in [0.717, 1.165) is 38.3 Å². The second-order valence-electron chi connectivity index (χ2n) is 7.00. The van der Waals surface area contributed by atoms with E-state index in [2.05, 4.69) is 41.3 Å². The van der Waals surface area contributed by atoms with Gasteiger partial charge in [0.2, 0.25) is 0 Å². The quantitative estimate of drug-likeness (QED) is 0.727. The van der Waals surface area contributed by atoms with Gasteiger partial charge in [0.05, 0.1) is 25.9 Å². The predicted molar refractivity (Wildman–Crippen MR) is 99.6 cm³/mol. The van der Waals surface area contributed by atoms with E-state index in [1.807, 2.05) is 0 Å². The second-order valence-corrected chi connectivity index (χ2v) is 7.00. The van der Waals surface area contributed by atoms with Crippen LogP contribution in [0.15, 0.2) is 66.2 Å². The van der Waals surface area contributed by atoms with Crippen molar-refractivity contribution in [2.24, 2.45) is 0 Å². The summed E-state index contributed by atoms with van der Waals surface area (Å²) in [6.07, 6.45) is 4.28. The predicted octanol–water partition coefficient (Wildman–Crippen LogP) is 4.19. The molecule has 0 N–H and O–H groups in total. The van der Waals surface area contributed by atoms with Crippen LogP contribution in [0.2, 0.25) is 0 Å². The molecule has 0 amide bonds. The second kappa shape index (κ2) is 8.02. The van der Waals surface area contributed by atoms with Gasteiger partial charge in [0, 0.05) is 19.0 Å². The number of rotatable bonds is 6. The van der Waals surface area contributed by atoms with Gasteiger partial charge in [-0.3, -0.25) is 4.90 Å². The molecule has 2 aromatic carbocycles. The molecular weight excluding hydrogens is 329 g/mol. The van der Waals surface area contributed by atoms with Crippen LogP contribution in [0.4, 0.5) is 4.39 Å². The number of benzene rings is 2. The summed E-state index contributed by atoms with van der Waals surface area (Å²) >= 11 is 0. The summed E-state index contributed by atoms with van der Waals surface area (Å²) in [5, 5.41) is 0. The summed E-state index contributed by atoms with van der Waals surface area (Å²) in [5.74, 6) is 0.482. The summed E-state index contributed by atoms with van der Waals surface area (Å²) in [6.45, 7) is 3.14. The lowest BCUT2D eigenvalue weighted by Crippen LogP contribution is -2.53. The van der Waals surface area contributed by atoms with Gasteiger partial charge in [-0.2, -0.15) is 0 Å². The number of hydrogen-bond donors (Lipinski definition) is 0. The molecule has 136 valence electrons. The highest BCUT2D eigenvalue weighted by Gasteiger charge is 2.34. The molecular formula is C22H24FNO2. The average molecular weight is 353 g/mol. The Bertz CT molecular complexity index is 744. The van der Waals surface area contributed by atoms with Crippen molar-refractivity contribution in [3.63, 3.8) is 0 Å². The van der Waals surface area contributed by atoms with Crippen LogP contribution in [-0.4, -0.2) is 36.8 Å². The third-order valence-electron chi connectivity index (χ3n) is 5.13. The molecule has 4 rings (SSSR count). The molecule has 1 saturated heterocycles. The molecule has 2 bridgehead atoms. The molecule has 2 heterocycles. The number of halogens is 1. The summed E-state index contributed by atoms with van der Waals surface area (Å²) in [6, 6.07) is 17.6. The van der Waals surface area contributed by atoms with Crippen LogP contribution < -0.4 is 4.74 Å². The van der Waals surface area contributed by atoms with Crippen molar-refractivity contribution in [2.75, 3.05) is 19.8 Å². The van der Waals surface area contributed by atoms with Crippen molar-refractivity contribution in [2.45, 2.75) is 31.5 Å². The molecule has 0 radical (unpaired) electrons. The topological polar surface area (TPSA) is 21.7 Å². The molecule has 0 spiro atoms. The summed E-state index contributed by atoms with van der Waals surface area (Å²) in [5.41, 5.74) is 2.79. The van der Waals surface area contributed by atoms with Gasteiger partial charge in [0.1, 0.15) is 11.6 Å². The third-order valence-corrected chi connectivity index (χ3v) is 5.13. The van der Waals surface area contributed by atoms with Gasteiger partial charge in [-0.25, -0.2) is 4.39 Å². The van der Waals surface area contributed by atoms with Crippen LogP contribution in [0.5, 0.6) is 5.75 Å². The Morgan fingerprint density at radius 1 is 1.04 bits per heavy atom. The smallest absolute Gasteiger partial charge is 0.123 e. The fraction of sp³-hybridized carbons (Fsp3) is 0.364.